The van der Waals surface area contributed by atoms with Gasteiger partial charge in [-0.3, -0.25) is 9.59 Å². The average molecular weight is 245 g/mol. The van der Waals surface area contributed by atoms with Gasteiger partial charge in [0.05, 0.1) is 46.0 Å². The maximum atomic E-state index is 11.2. The van der Waals surface area contributed by atoms with E-state index in [1.807, 2.05) is 0 Å². The highest BCUT2D eigenvalue weighted by Crippen LogP contribution is 2.05. The maximum absolute atomic E-state index is 11.2. The van der Waals surface area contributed by atoms with E-state index in [-0.39, 0.29) is 24.7 Å². The SMILES string of the molecule is COCCOCCOCCN1CC(=O)CC1=O. The number of methoxy groups -OCH3 is 1. The van der Waals surface area contributed by atoms with Crippen molar-refractivity contribution in [2.75, 3.05) is 53.2 Å². The third-order valence-electron chi connectivity index (χ3n) is 2.38. The second kappa shape index (κ2) is 8.16. The van der Waals surface area contributed by atoms with E-state index in [0.29, 0.717) is 39.6 Å². The number of likely N-dealkylation sites (tertiary alicyclic amines) is 1. The van der Waals surface area contributed by atoms with Crippen molar-refractivity contribution in [2.24, 2.45) is 0 Å². The van der Waals surface area contributed by atoms with E-state index in [9.17, 15) is 9.59 Å². The quantitative estimate of drug-likeness (QED) is 0.403. The minimum absolute atomic E-state index is 0.0158. The summed E-state index contributed by atoms with van der Waals surface area (Å²) in [5.41, 5.74) is 0. The maximum Gasteiger partial charge on any atom is 0.230 e. The Hall–Kier alpha value is -0.980. The second-order valence-corrected chi connectivity index (χ2v) is 3.75. The second-order valence-electron chi connectivity index (χ2n) is 3.75. The molecule has 6 heteroatoms. The number of amides is 1. The monoisotopic (exact) mass is 245 g/mol. The van der Waals surface area contributed by atoms with Crippen molar-refractivity contribution in [1.29, 1.82) is 0 Å². The molecule has 1 aliphatic rings. The van der Waals surface area contributed by atoms with Gasteiger partial charge in [0.25, 0.3) is 0 Å². The van der Waals surface area contributed by atoms with Gasteiger partial charge in [-0.2, -0.15) is 0 Å². The Morgan fingerprint density at radius 1 is 1.06 bits per heavy atom. The van der Waals surface area contributed by atoms with Crippen molar-refractivity contribution in [1.82, 2.24) is 4.90 Å². The van der Waals surface area contributed by atoms with E-state index < -0.39 is 0 Å². The molecule has 0 aromatic heterocycles. The van der Waals surface area contributed by atoms with Crippen molar-refractivity contribution < 1.29 is 23.8 Å². The smallest absolute Gasteiger partial charge is 0.230 e. The van der Waals surface area contributed by atoms with E-state index >= 15 is 0 Å². The number of carbonyl (C=O) groups is 2. The van der Waals surface area contributed by atoms with Crippen molar-refractivity contribution in [2.45, 2.75) is 6.42 Å². The van der Waals surface area contributed by atoms with Crippen molar-refractivity contribution >= 4 is 11.7 Å². The standard InChI is InChI=1S/C11H19NO5/c1-15-4-5-17-7-6-16-3-2-12-9-10(13)8-11(12)14/h2-9H2,1H3. The van der Waals surface area contributed by atoms with Gasteiger partial charge in [-0.05, 0) is 0 Å². The molecular weight excluding hydrogens is 226 g/mol. The molecule has 17 heavy (non-hydrogen) atoms. The number of hydrogen-bond donors (Lipinski definition) is 0. The molecule has 1 rings (SSSR count). The summed E-state index contributed by atoms with van der Waals surface area (Å²) >= 11 is 0. The lowest BCUT2D eigenvalue weighted by Crippen LogP contribution is -2.29. The topological polar surface area (TPSA) is 65.1 Å². The highest BCUT2D eigenvalue weighted by molar-refractivity contribution is 6.05. The van der Waals surface area contributed by atoms with Crippen molar-refractivity contribution in [3.8, 4) is 0 Å². The largest absolute Gasteiger partial charge is 0.382 e. The van der Waals surface area contributed by atoms with Crippen LogP contribution in [0.3, 0.4) is 0 Å². The Morgan fingerprint density at radius 2 is 1.71 bits per heavy atom. The fourth-order valence-corrected chi connectivity index (χ4v) is 1.48. The molecule has 1 aliphatic heterocycles. The molecule has 0 spiro atoms. The zero-order chi connectivity index (χ0) is 12.5. The molecule has 6 nitrogen and oxygen atoms in total. The normalized spacial score (nSPS) is 15.9. The molecule has 1 fully saturated rings. The molecular formula is C11H19NO5. The summed E-state index contributed by atoms with van der Waals surface area (Å²) in [5, 5.41) is 0. The molecule has 0 unspecified atom stereocenters. The molecule has 0 aliphatic carbocycles. The van der Waals surface area contributed by atoms with Crippen LogP contribution in [0.4, 0.5) is 0 Å². The van der Waals surface area contributed by atoms with Crippen LogP contribution < -0.4 is 0 Å². The summed E-state index contributed by atoms with van der Waals surface area (Å²) in [4.78, 5) is 23.7. The van der Waals surface area contributed by atoms with Crippen LogP contribution >= 0.6 is 0 Å². The first-order valence-electron chi connectivity index (χ1n) is 5.68. The van der Waals surface area contributed by atoms with Gasteiger partial charge in [-0.15, -0.1) is 0 Å². The van der Waals surface area contributed by atoms with E-state index in [1.165, 1.54) is 4.90 Å². The van der Waals surface area contributed by atoms with E-state index in [1.54, 1.807) is 7.11 Å². The van der Waals surface area contributed by atoms with E-state index in [2.05, 4.69) is 0 Å². The van der Waals surface area contributed by atoms with Gasteiger partial charge >= 0.3 is 0 Å². The van der Waals surface area contributed by atoms with Gasteiger partial charge in [0, 0.05) is 13.7 Å². The lowest BCUT2D eigenvalue weighted by Gasteiger charge is -2.14. The van der Waals surface area contributed by atoms with Crippen molar-refractivity contribution in [3.05, 3.63) is 0 Å². The Kier molecular flexibility index (Phi) is 6.76. The first-order chi connectivity index (χ1) is 8.24. The predicted molar refractivity (Wildman–Crippen MR) is 59.7 cm³/mol. The van der Waals surface area contributed by atoms with Gasteiger partial charge in [0.2, 0.25) is 5.91 Å². The average Bonchev–Trinajstić information content (AvgIpc) is 2.61. The van der Waals surface area contributed by atoms with E-state index in [4.69, 9.17) is 14.2 Å². The van der Waals surface area contributed by atoms with Crippen LogP contribution in [0.1, 0.15) is 6.42 Å². The zero-order valence-electron chi connectivity index (χ0n) is 10.1. The number of Topliss-reactive ketones (excluding diaryl/α,β-unsaturated/α-hetero) is 1. The lowest BCUT2D eigenvalue weighted by atomic mass is 10.3. The molecule has 0 bridgehead atoms. The summed E-state index contributed by atoms with van der Waals surface area (Å²) in [6.45, 7) is 3.27. The molecule has 0 saturated carbocycles. The first-order valence-corrected chi connectivity index (χ1v) is 5.68. The minimum atomic E-state index is -0.102. The number of hydrogen-bond acceptors (Lipinski definition) is 5. The van der Waals surface area contributed by atoms with Gasteiger partial charge in [0.15, 0.2) is 5.78 Å². The first kappa shape index (κ1) is 14.1. The van der Waals surface area contributed by atoms with E-state index in [0.717, 1.165) is 0 Å². The fraction of sp³-hybridized carbons (Fsp3) is 0.818. The van der Waals surface area contributed by atoms with Crippen LogP contribution in [0, 0.1) is 0 Å². The van der Waals surface area contributed by atoms with Gasteiger partial charge in [-0.1, -0.05) is 0 Å². The summed E-state index contributed by atoms with van der Waals surface area (Å²) in [5.74, 6) is -0.118. The van der Waals surface area contributed by atoms with Crippen LogP contribution in [0.5, 0.6) is 0 Å². The van der Waals surface area contributed by atoms with Gasteiger partial charge in [0.1, 0.15) is 0 Å². The third-order valence-corrected chi connectivity index (χ3v) is 2.38. The van der Waals surface area contributed by atoms with Crippen molar-refractivity contribution in [3.63, 3.8) is 0 Å². The molecule has 1 heterocycles. The van der Waals surface area contributed by atoms with Crippen LogP contribution in [0.15, 0.2) is 0 Å². The molecule has 0 radical (unpaired) electrons. The molecule has 0 atom stereocenters. The molecule has 98 valence electrons. The number of rotatable bonds is 9. The molecule has 0 N–H and O–H groups in total. The number of nitrogens with zero attached hydrogens (tertiary/aromatic N) is 1. The summed E-state index contributed by atoms with van der Waals surface area (Å²) in [6, 6.07) is 0. The Bertz CT molecular complexity index is 256. The minimum Gasteiger partial charge on any atom is -0.382 e. The van der Waals surface area contributed by atoms with Gasteiger partial charge < -0.3 is 19.1 Å². The fourth-order valence-electron chi connectivity index (χ4n) is 1.48. The Labute approximate surface area is 101 Å². The number of carbonyl (C=O) groups excluding carboxylic acids is 2. The summed E-state index contributed by atoms with van der Waals surface area (Å²) in [6.07, 6.45) is 0.0418. The number of ether oxygens (including phenoxy) is 3. The Morgan fingerprint density at radius 3 is 2.29 bits per heavy atom. The molecule has 1 amide bonds. The highest BCUT2D eigenvalue weighted by atomic mass is 16.5. The summed E-state index contributed by atoms with van der Waals surface area (Å²) in [7, 11) is 1.62. The Balaban J connectivity index is 1.91. The predicted octanol–water partition coefficient (Wildman–Crippen LogP) is -0.533. The van der Waals surface area contributed by atoms with Gasteiger partial charge in [-0.25, -0.2) is 0 Å². The highest BCUT2D eigenvalue weighted by Gasteiger charge is 2.26. The van der Waals surface area contributed by atoms with Crippen LogP contribution in [-0.2, 0) is 23.8 Å². The van der Waals surface area contributed by atoms with Crippen LogP contribution in [0.2, 0.25) is 0 Å². The van der Waals surface area contributed by atoms with Crippen LogP contribution in [0.25, 0.3) is 0 Å². The lowest BCUT2D eigenvalue weighted by molar-refractivity contribution is -0.128. The third kappa shape index (κ3) is 5.76. The summed E-state index contributed by atoms with van der Waals surface area (Å²) < 4.78 is 15.3. The zero-order valence-corrected chi connectivity index (χ0v) is 10.1. The number of ketones is 1. The molecule has 0 aromatic rings. The van der Waals surface area contributed by atoms with Crippen LogP contribution in [-0.4, -0.2) is 69.8 Å². The molecule has 1 saturated heterocycles. The molecule has 0 aromatic carbocycles.